The summed E-state index contributed by atoms with van der Waals surface area (Å²) in [5.41, 5.74) is 1.10. The van der Waals surface area contributed by atoms with Crippen molar-refractivity contribution in [1.29, 1.82) is 0 Å². The van der Waals surface area contributed by atoms with Gasteiger partial charge in [0.1, 0.15) is 11.5 Å². The molecule has 6 nitrogen and oxygen atoms in total. The topological polar surface area (TPSA) is 66.7 Å². The minimum absolute atomic E-state index is 0.0651. The quantitative estimate of drug-likeness (QED) is 0.405. The standard InChI is InChI=1S/C17H15FIN3O3/c18-12-5-6-13(14(19)11-12)17(23)21-9-7-20(8-10-21)15-3-1-2-4-16(15)22(24)25/h1-6,11H,7-10H2. The second-order valence-electron chi connectivity index (χ2n) is 5.65. The molecule has 0 saturated carbocycles. The molecule has 1 saturated heterocycles. The number of hydrogen-bond donors (Lipinski definition) is 0. The lowest BCUT2D eigenvalue weighted by atomic mass is 10.1. The van der Waals surface area contributed by atoms with Gasteiger partial charge in [0.25, 0.3) is 11.6 Å². The van der Waals surface area contributed by atoms with E-state index in [1.807, 2.05) is 27.5 Å². The zero-order valence-corrected chi connectivity index (χ0v) is 15.3. The third-order valence-corrected chi connectivity index (χ3v) is 5.04. The Morgan fingerprint density at radius 2 is 1.80 bits per heavy atom. The van der Waals surface area contributed by atoms with Gasteiger partial charge in [-0.05, 0) is 46.9 Å². The second kappa shape index (κ2) is 7.34. The lowest BCUT2D eigenvalue weighted by Crippen LogP contribution is -2.49. The fraction of sp³-hybridized carbons (Fsp3) is 0.235. The van der Waals surface area contributed by atoms with Gasteiger partial charge in [-0.1, -0.05) is 12.1 Å². The number of nitro benzene ring substituents is 1. The number of halogens is 2. The number of benzene rings is 2. The number of carbonyl (C=O) groups is 1. The highest BCUT2D eigenvalue weighted by molar-refractivity contribution is 14.1. The zero-order valence-electron chi connectivity index (χ0n) is 13.2. The first-order valence-corrected chi connectivity index (χ1v) is 8.78. The molecule has 1 heterocycles. The van der Waals surface area contributed by atoms with Gasteiger partial charge >= 0.3 is 0 Å². The van der Waals surface area contributed by atoms with E-state index in [0.29, 0.717) is 41.0 Å². The molecule has 25 heavy (non-hydrogen) atoms. The van der Waals surface area contributed by atoms with Gasteiger partial charge in [0.15, 0.2) is 0 Å². The summed E-state index contributed by atoms with van der Waals surface area (Å²) in [4.78, 5) is 27.0. The average molecular weight is 455 g/mol. The molecule has 0 radical (unpaired) electrons. The predicted octanol–water partition coefficient (Wildman–Crippen LogP) is 3.30. The van der Waals surface area contributed by atoms with Gasteiger partial charge in [-0.25, -0.2) is 4.39 Å². The number of carbonyl (C=O) groups excluding carboxylic acids is 1. The number of rotatable bonds is 3. The Hall–Kier alpha value is -2.23. The number of nitro groups is 1. The van der Waals surface area contributed by atoms with Crippen molar-refractivity contribution in [2.75, 3.05) is 31.1 Å². The van der Waals surface area contributed by atoms with Crippen LogP contribution in [0.5, 0.6) is 0 Å². The molecule has 8 heteroatoms. The Kier molecular flexibility index (Phi) is 5.16. The maximum Gasteiger partial charge on any atom is 0.292 e. The number of para-hydroxylation sites is 2. The zero-order chi connectivity index (χ0) is 18.0. The average Bonchev–Trinajstić information content (AvgIpc) is 2.61. The van der Waals surface area contributed by atoms with Gasteiger partial charge in [-0.2, -0.15) is 0 Å². The third kappa shape index (κ3) is 3.73. The highest BCUT2D eigenvalue weighted by Crippen LogP contribution is 2.28. The van der Waals surface area contributed by atoms with E-state index in [9.17, 15) is 19.3 Å². The SMILES string of the molecule is O=C(c1ccc(F)cc1I)N1CCN(c2ccccc2[N+](=O)[O-])CC1. The van der Waals surface area contributed by atoms with Crippen LogP contribution in [0.1, 0.15) is 10.4 Å². The van der Waals surface area contributed by atoms with Gasteiger partial charge in [0.2, 0.25) is 0 Å². The molecule has 1 fully saturated rings. The fourth-order valence-corrected chi connectivity index (χ4v) is 3.58. The Labute approximate surface area is 157 Å². The lowest BCUT2D eigenvalue weighted by Gasteiger charge is -2.36. The Morgan fingerprint density at radius 1 is 1.12 bits per heavy atom. The van der Waals surface area contributed by atoms with E-state index in [0.717, 1.165) is 0 Å². The highest BCUT2D eigenvalue weighted by Gasteiger charge is 2.26. The molecule has 130 valence electrons. The maximum atomic E-state index is 13.2. The van der Waals surface area contributed by atoms with Crippen molar-refractivity contribution < 1.29 is 14.1 Å². The predicted molar refractivity (Wildman–Crippen MR) is 100 cm³/mol. The van der Waals surface area contributed by atoms with Crippen LogP contribution in [-0.2, 0) is 0 Å². The number of amides is 1. The van der Waals surface area contributed by atoms with Crippen molar-refractivity contribution >= 4 is 39.9 Å². The smallest absolute Gasteiger partial charge is 0.292 e. The van der Waals surface area contributed by atoms with Gasteiger partial charge in [-0.3, -0.25) is 14.9 Å². The summed E-state index contributed by atoms with van der Waals surface area (Å²) < 4.78 is 13.8. The van der Waals surface area contributed by atoms with Crippen LogP contribution in [0.25, 0.3) is 0 Å². The van der Waals surface area contributed by atoms with Crippen LogP contribution >= 0.6 is 22.6 Å². The summed E-state index contributed by atoms with van der Waals surface area (Å²) in [6, 6.07) is 10.7. The van der Waals surface area contributed by atoms with Crippen molar-refractivity contribution in [1.82, 2.24) is 4.90 Å². The lowest BCUT2D eigenvalue weighted by molar-refractivity contribution is -0.384. The summed E-state index contributed by atoms with van der Waals surface area (Å²) in [6.07, 6.45) is 0. The van der Waals surface area contributed by atoms with E-state index in [4.69, 9.17) is 0 Å². The first-order valence-electron chi connectivity index (χ1n) is 7.70. The normalized spacial score (nSPS) is 14.5. The Balaban J connectivity index is 1.72. The molecular formula is C17H15FIN3O3. The van der Waals surface area contributed by atoms with E-state index in [-0.39, 0.29) is 17.4 Å². The van der Waals surface area contributed by atoms with E-state index in [1.165, 1.54) is 24.3 Å². The first-order chi connectivity index (χ1) is 12.0. The molecule has 0 bridgehead atoms. The minimum atomic E-state index is -0.395. The molecule has 0 unspecified atom stereocenters. The van der Waals surface area contributed by atoms with Crippen LogP contribution in [0.3, 0.4) is 0 Å². The van der Waals surface area contributed by atoms with Gasteiger partial charge < -0.3 is 9.80 Å². The molecule has 1 aliphatic heterocycles. The highest BCUT2D eigenvalue weighted by atomic mass is 127. The number of piperazine rings is 1. The molecule has 0 aliphatic carbocycles. The summed E-state index contributed by atoms with van der Waals surface area (Å²) in [5, 5.41) is 11.2. The van der Waals surface area contributed by atoms with Crippen LogP contribution in [0.2, 0.25) is 0 Å². The fourth-order valence-electron chi connectivity index (χ4n) is 2.87. The number of nitrogens with zero attached hydrogens (tertiary/aromatic N) is 3. The monoisotopic (exact) mass is 455 g/mol. The maximum absolute atomic E-state index is 13.2. The van der Waals surface area contributed by atoms with E-state index in [1.54, 1.807) is 23.1 Å². The summed E-state index contributed by atoms with van der Waals surface area (Å²) in [6.45, 7) is 1.93. The van der Waals surface area contributed by atoms with Crippen LogP contribution < -0.4 is 4.90 Å². The molecule has 3 rings (SSSR count). The van der Waals surface area contributed by atoms with Crippen LogP contribution in [0.4, 0.5) is 15.8 Å². The molecule has 1 aliphatic rings. The molecule has 2 aromatic carbocycles. The van der Waals surface area contributed by atoms with Crippen molar-refractivity contribution in [3.05, 3.63) is 67.5 Å². The number of anilines is 1. The van der Waals surface area contributed by atoms with Crippen LogP contribution in [0.15, 0.2) is 42.5 Å². The van der Waals surface area contributed by atoms with E-state index >= 15 is 0 Å². The van der Waals surface area contributed by atoms with E-state index in [2.05, 4.69) is 0 Å². The summed E-state index contributed by atoms with van der Waals surface area (Å²) in [5.74, 6) is -0.520. The molecule has 1 amide bonds. The largest absolute Gasteiger partial charge is 0.362 e. The van der Waals surface area contributed by atoms with Gasteiger partial charge in [0, 0.05) is 35.8 Å². The molecule has 0 spiro atoms. The van der Waals surface area contributed by atoms with Crippen LogP contribution in [0, 0.1) is 19.5 Å². The number of hydrogen-bond acceptors (Lipinski definition) is 4. The van der Waals surface area contributed by atoms with Crippen molar-refractivity contribution in [3.63, 3.8) is 0 Å². The molecule has 0 atom stereocenters. The van der Waals surface area contributed by atoms with Crippen molar-refractivity contribution in [2.45, 2.75) is 0 Å². The first kappa shape index (κ1) is 17.6. The molecule has 2 aromatic rings. The van der Waals surface area contributed by atoms with Crippen molar-refractivity contribution in [2.24, 2.45) is 0 Å². The molecule has 0 N–H and O–H groups in total. The molecule has 0 aromatic heterocycles. The van der Waals surface area contributed by atoms with Gasteiger partial charge in [-0.15, -0.1) is 0 Å². The van der Waals surface area contributed by atoms with Crippen LogP contribution in [-0.4, -0.2) is 41.9 Å². The Bertz CT molecular complexity index is 823. The van der Waals surface area contributed by atoms with Gasteiger partial charge in [0.05, 0.1) is 10.5 Å². The third-order valence-electron chi connectivity index (χ3n) is 4.15. The van der Waals surface area contributed by atoms with E-state index < -0.39 is 4.92 Å². The summed E-state index contributed by atoms with van der Waals surface area (Å²) in [7, 11) is 0. The second-order valence-corrected chi connectivity index (χ2v) is 6.81. The van der Waals surface area contributed by atoms with Crippen molar-refractivity contribution in [3.8, 4) is 0 Å². The summed E-state index contributed by atoms with van der Waals surface area (Å²) >= 11 is 1.95. The minimum Gasteiger partial charge on any atom is -0.362 e. The Morgan fingerprint density at radius 3 is 2.44 bits per heavy atom. The molecular weight excluding hydrogens is 440 g/mol.